The number of thioether (sulfide) groups is 1. The molecule has 0 spiro atoms. The van der Waals surface area contributed by atoms with Crippen LogP contribution in [-0.4, -0.2) is 67.8 Å². The zero-order valence-electron chi connectivity index (χ0n) is 13.6. The highest BCUT2D eigenvalue weighted by molar-refractivity contribution is 8.13. The van der Waals surface area contributed by atoms with Crippen LogP contribution in [0.2, 0.25) is 0 Å². The van der Waals surface area contributed by atoms with E-state index in [-0.39, 0.29) is 12.5 Å². The number of nitrogens with two attached hydrogens (primary N) is 1. The van der Waals surface area contributed by atoms with Gasteiger partial charge in [0.05, 0.1) is 30.3 Å². The van der Waals surface area contributed by atoms with Crippen LogP contribution in [0.4, 0.5) is 10.2 Å². The molecule has 1 saturated heterocycles. The summed E-state index contributed by atoms with van der Waals surface area (Å²) in [6, 6.07) is 0. The Labute approximate surface area is 148 Å². The maximum Gasteiger partial charge on any atom is 0.173 e. The quantitative estimate of drug-likeness (QED) is 0.596. The molecule has 0 radical (unpaired) electrons. The van der Waals surface area contributed by atoms with Gasteiger partial charge < -0.3 is 25.8 Å². The van der Waals surface area contributed by atoms with Crippen LogP contribution in [0.15, 0.2) is 17.4 Å². The van der Waals surface area contributed by atoms with Gasteiger partial charge in [0, 0.05) is 5.92 Å². The molecule has 1 aromatic heterocycles. The molecule has 0 aromatic carbocycles. The molecule has 138 valence electrons. The number of ether oxygens (including phenoxy) is 1. The number of rotatable bonds is 3. The summed E-state index contributed by atoms with van der Waals surface area (Å²) < 4.78 is 21.3. The minimum Gasteiger partial charge on any atom is -0.397 e. The van der Waals surface area contributed by atoms with E-state index in [2.05, 4.69) is 9.98 Å². The molecular formula is C15H21FN4O4S. The van der Waals surface area contributed by atoms with Crippen molar-refractivity contribution in [3.8, 4) is 0 Å². The summed E-state index contributed by atoms with van der Waals surface area (Å²) in [5.74, 6) is 0.0844. The van der Waals surface area contributed by atoms with Crippen LogP contribution in [0, 0.1) is 5.92 Å². The van der Waals surface area contributed by atoms with Gasteiger partial charge in [0.2, 0.25) is 0 Å². The lowest BCUT2D eigenvalue weighted by molar-refractivity contribution is -0.0466. The first-order chi connectivity index (χ1) is 12.0. The van der Waals surface area contributed by atoms with Gasteiger partial charge in [0.25, 0.3) is 0 Å². The minimum absolute atomic E-state index is 0.0934. The average Bonchev–Trinajstić information content (AvgIpc) is 3.14. The molecule has 3 heterocycles. The van der Waals surface area contributed by atoms with Crippen molar-refractivity contribution < 1.29 is 24.4 Å². The van der Waals surface area contributed by atoms with Gasteiger partial charge >= 0.3 is 0 Å². The Morgan fingerprint density at radius 1 is 1.44 bits per heavy atom. The SMILES string of the molecule is CSC1=Nc2c(ncn2[C@@H]2O[C@H](CO)[C@@H](O)[C@@H]2F)C(N)=CCC1CO. The first-order valence-corrected chi connectivity index (χ1v) is 9.09. The summed E-state index contributed by atoms with van der Waals surface area (Å²) in [5, 5.41) is 29.3. The van der Waals surface area contributed by atoms with Crippen LogP contribution in [-0.2, 0) is 4.74 Å². The third-order valence-electron chi connectivity index (χ3n) is 4.41. The normalized spacial score (nSPS) is 32.6. The number of aliphatic imine (C=N–C) groups is 1. The van der Waals surface area contributed by atoms with Gasteiger partial charge in [-0.1, -0.05) is 6.08 Å². The van der Waals surface area contributed by atoms with E-state index in [1.54, 1.807) is 6.08 Å². The van der Waals surface area contributed by atoms with E-state index in [4.69, 9.17) is 10.5 Å². The van der Waals surface area contributed by atoms with Crippen molar-refractivity contribution in [1.29, 1.82) is 0 Å². The van der Waals surface area contributed by atoms with Gasteiger partial charge in [-0.2, -0.15) is 0 Å². The number of nitrogens with zero attached hydrogens (tertiary/aromatic N) is 3. The Morgan fingerprint density at radius 3 is 2.80 bits per heavy atom. The summed E-state index contributed by atoms with van der Waals surface area (Å²) >= 11 is 1.38. The molecule has 5 atom stereocenters. The van der Waals surface area contributed by atoms with Crippen LogP contribution < -0.4 is 5.73 Å². The first-order valence-electron chi connectivity index (χ1n) is 7.86. The van der Waals surface area contributed by atoms with Crippen molar-refractivity contribution in [2.45, 2.75) is 31.0 Å². The second kappa shape index (κ2) is 7.42. The molecule has 0 saturated carbocycles. The standard InChI is InChI=1S/C15H21FN4O4S/c1-25-14-7(4-21)2-3-8(17)11-13(19-14)20(6-18-11)15-10(16)12(23)9(5-22)24-15/h3,6-7,9-10,12,15,21-23H,2,4-5,17H2,1H3/t7?,9-,10+,12-,15-/m1/s1. The lowest BCUT2D eigenvalue weighted by Crippen LogP contribution is -2.30. The van der Waals surface area contributed by atoms with E-state index in [1.165, 1.54) is 22.7 Å². The lowest BCUT2D eigenvalue weighted by atomic mass is 10.1. The fourth-order valence-electron chi connectivity index (χ4n) is 2.96. The third kappa shape index (κ3) is 3.20. The zero-order valence-corrected chi connectivity index (χ0v) is 14.4. The maximum atomic E-state index is 14.5. The fraction of sp³-hybridized carbons (Fsp3) is 0.600. The second-order valence-corrected chi connectivity index (χ2v) is 6.76. The van der Waals surface area contributed by atoms with E-state index in [1.807, 2.05) is 6.26 Å². The number of aliphatic hydroxyl groups excluding tert-OH is 3. The monoisotopic (exact) mass is 372 g/mol. The topological polar surface area (TPSA) is 126 Å². The van der Waals surface area contributed by atoms with Gasteiger partial charge in [-0.25, -0.2) is 14.4 Å². The van der Waals surface area contributed by atoms with Crippen LogP contribution in [0.25, 0.3) is 5.70 Å². The third-order valence-corrected chi connectivity index (χ3v) is 5.25. The van der Waals surface area contributed by atoms with Crippen molar-refractivity contribution >= 4 is 28.3 Å². The van der Waals surface area contributed by atoms with E-state index in [0.29, 0.717) is 28.7 Å². The van der Waals surface area contributed by atoms with Crippen molar-refractivity contribution in [1.82, 2.24) is 9.55 Å². The van der Waals surface area contributed by atoms with Gasteiger partial charge in [-0.05, 0) is 12.7 Å². The number of halogens is 1. The van der Waals surface area contributed by atoms with Gasteiger partial charge in [-0.3, -0.25) is 4.57 Å². The summed E-state index contributed by atoms with van der Waals surface area (Å²) in [6.45, 7) is -0.590. The number of aromatic nitrogens is 2. The van der Waals surface area contributed by atoms with Crippen molar-refractivity contribution in [2.24, 2.45) is 16.6 Å². The van der Waals surface area contributed by atoms with Crippen molar-refractivity contribution in [3.63, 3.8) is 0 Å². The molecule has 0 bridgehead atoms. The number of allylic oxidation sites excluding steroid dienone is 1. The molecule has 1 aromatic rings. The fourth-order valence-corrected chi connectivity index (χ4v) is 3.64. The zero-order chi connectivity index (χ0) is 18.1. The Bertz CT molecular complexity index is 695. The highest BCUT2D eigenvalue weighted by atomic mass is 32.2. The first kappa shape index (κ1) is 18.3. The van der Waals surface area contributed by atoms with Crippen LogP contribution in [0.1, 0.15) is 18.3 Å². The number of hydrogen-bond donors (Lipinski definition) is 4. The second-order valence-electron chi connectivity index (χ2n) is 5.94. The molecule has 25 heavy (non-hydrogen) atoms. The largest absolute Gasteiger partial charge is 0.397 e. The molecular weight excluding hydrogens is 351 g/mol. The molecule has 10 heteroatoms. The molecule has 5 N–H and O–H groups in total. The number of hydrogen-bond acceptors (Lipinski definition) is 8. The smallest absolute Gasteiger partial charge is 0.173 e. The number of imidazole rings is 1. The molecule has 1 unspecified atom stereocenters. The predicted molar refractivity (Wildman–Crippen MR) is 92.1 cm³/mol. The molecule has 3 rings (SSSR count). The van der Waals surface area contributed by atoms with E-state index in [9.17, 15) is 19.7 Å². The molecule has 0 amide bonds. The van der Waals surface area contributed by atoms with Crippen LogP contribution in [0.5, 0.6) is 0 Å². The summed E-state index contributed by atoms with van der Waals surface area (Å²) in [7, 11) is 0. The molecule has 2 aliphatic heterocycles. The summed E-state index contributed by atoms with van der Waals surface area (Å²) in [4.78, 5) is 8.76. The molecule has 8 nitrogen and oxygen atoms in total. The number of alkyl halides is 1. The summed E-state index contributed by atoms with van der Waals surface area (Å²) in [6.07, 6.45) is 0.100. The Kier molecular flexibility index (Phi) is 5.44. The highest BCUT2D eigenvalue weighted by Gasteiger charge is 2.45. The number of aliphatic hydroxyl groups is 3. The summed E-state index contributed by atoms with van der Waals surface area (Å²) in [5.41, 5.74) is 6.82. The molecule has 1 fully saturated rings. The minimum atomic E-state index is -1.74. The average molecular weight is 372 g/mol. The highest BCUT2D eigenvalue weighted by Crippen LogP contribution is 2.38. The Balaban J connectivity index is 2.07. The maximum absolute atomic E-state index is 14.5. The van der Waals surface area contributed by atoms with Crippen LogP contribution >= 0.6 is 11.8 Å². The van der Waals surface area contributed by atoms with E-state index in [0.717, 1.165) is 0 Å². The van der Waals surface area contributed by atoms with E-state index < -0.39 is 31.2 Å². The van der Waals surface area contributed by atoms with Gasteiger partial charge in [0.15, 0.2) is 18.2 Å². The molecule has 0 aliphatic carbocycles. The van der Waals surface area contributed by atoms with Crippen molar-refractivity contribution in [3.05, 3.63) is 18.1 Å². The Hall–Kier alpha value is -1.46. The Morgan fingerprint density at radius 2 is 2.20 bits per heavy atom. The molecule has 2 aliphatic rings. The van der Waals surface area contributed by atoms with Crippen molar-refractivity contribution in [2.75, 3.05) is 19.5 Å². The van der Waals surface area contributed by atoms with Gasteiger partial charge in [0.1, 0.15) is 17.9 Å². The lowest BCUT2D eigenvalue weighted by Gasteiger charge is -2.20. The van der Waals surface area contributed by atoms with Gasteiger partial charge in [-0.15, -0.1) is 11.8 Å². The predicted octanol–water partition coefficient (Wildman–Crippen LogP) is 0.177. The van der Waals surface area contributed by atoms with Crippen LogP contribution in [0.3, 0.4) is 0 Å². The van der Waals surface area contributed by atoms with E-state index >= 15 is 0 Å². The number of fused-ring (bicyclic) bond motifs is 1.